The van der Waals surface area contributed by atoms with Crippen molar-refractivity contribution in [3.8, 4) is 5.69 Å². The van der Waals surface area contributed by atoms with Gasteiger partial charge in [0, 0.05) is 32.2 Å². The predicted molar refractivity (Wildman–Crippen MR) is 109 cm³/mol. The Labute approximate surface area is 178 Å². The lowest BCUT2D eigenvalue weighted by Crippen LogP contribution is -2.54. The number of piperazine rings is 1. The monoisotopic (exact) mass is 435 g/mol. The molecule has 0 spiro atoms. The molecule has 160 valence electrons. The summed E-state index contributed by atoms with van der Waals surface area (Å²) >= 11 is 6.43. The van der Waals surface area contributed by atoms with Gasteiger partial charge in [-0.2, -0.15) is 5.10 Å². The molecule has 10 heteroatoms. The van der Waals surface area contributed by atoms with E-state index in [4.69, 9.17) is 11.6 Å². The molecule has 0 bridgehead atoms. The molecule has 1 fully saturated rings. The Morgan fingerprint density at radius 3 is 2.20 bits per heavy atom. The van der Waals surface area contributed by atoms with Crippen LogP contribution in [0.25, 0.3) is 5.69 Å². The summed E-state index contributed by atoms with van der Waals surface area (Å²) in [6.45, 7) is 6.28. The van der Waals surface area contributed by atoms with E-state index in [9.17, 15) is 18.8 Å². The van der Waals surface area contributed by atoms with E-state index in [1.807, 2.05) is 0 Å². The number of nitrogens with one attached hydrogen (secondary N) is 1. The van der Waals surface area contributed by atoms with Crippen molar-refractivity contribution in [3.63, 3.8) is 0 Å². The Bertz CT molecular complexity index is 966. The fraction of sp³-hybridized carbons (Fsp3) is 0.400. The van der Waals surface area contributed by atoms with Gasteiger partial charge in [0.05, 0.1) is 16.9 Å². The van der Waals surface area contributed by atoms with E-state index in [1.54, 1.807) is 25.7 Å². The molecule has 3 rings (SSSR count). The first-order chi connectivity index (χ1) is 14.2. The topological polar surface area (TPSA) is 87.5 Å². The Kier molecular flexibility index (Phi) is 6.40. The van der Waals surface area contributed by atoms with Crippen LogP contribution in [0.2, 0.25) is 5.15 Å². The number of aryl methyl sites for hydroxylation is 1. The SMILES string of the molecule is Cc1nn(-c2ccc(F)cc2)c(Cl)c1C(=O)N1CCN(C(=O)C(=O)NC(C)C)CC1. The molecule has 0 radical (unpaired) electrons. The smallest absolute Gasteiger partial charge is 0.312 e. The molecule has 2 heterocycles. The zero-order valence-corrected chi connectivity index (χ0v) is 17.7. The third kappa shape index (κ3) is 4.46. The van der Waals surface area contributed by atoms with Crippen molar-refractivity contribution in [2.24, 2.45) is 0 Å². The average molecular weight is 436 g/mol. The number of aromatic nitrogens is 2. The van der Waals surface area contributed by atoms with Gasteiger partial charge in [0.15, 0.2) is 0 Å². The van der Waals surface area contributed by atoms with Crippen LogP contribution in [-0.4, -0.2) is 69.5 Å². The second kappa shape index (κ2) is 8.83. The number of carbonyl (C=O) groups excluding carboxylic acids is 3. The number of halogens is 2. The van der Waals surface area contributed by atoms with Gasteiger partial charge in [0.25, 0.3) is 5.91 Å². The summed E-state index contributed by atoms with van der Waals surface area (Å²) in [6.07, 6.45) is 0. The normalized spacial score (nSPS) is 14.2. The summed E-state index contributed by atoms with van der Waals surface area (Å²) in [5.74, 6) is -1.94. The zero-order chi connectivity index (χ0) is 22.0. The quantitative estimate of drug-likeness (QED) is 0.744. The predicted octanol–water partition coefficient (Wildman–Crippen LogP) is 1.78. The highest BCUT2D eigenvalue weighted by Crippen LogP contribution is 2.25. The summed E-state index contributed by atoms with van der Waals surface area (Å²) in [6, 6.07) is 5.49. The van der Waals surface area contributed by atoms with E-state index in [2.05, 4.69) is 10.4 Å². The van der Waals surface area contributed by atoms with Crippen molar-refractivity contribution in [1.29, 1.82) is 0 Å². The second-order valence-corrected chi connectivity index (χ2v) is 7.71. The van der Waals surface area contributed by atoms with E-state index < -0.39 is 11.8 Å². The summed E-state index contributed by atoms with van der Waals surface area (Å²) < 4.78 is 14.6. The van der Waals surface area contributed by atoms with Gasteiger partial charge in [0.2, 0.25) is 0 Å². The van der Waals surface area contributed by atoms with Crippen LogP contribution in [0, 0.1) is 12.7 Å². The molecule has 1 N–H and O–H groups in total. The van der Waals surface area contributed by atoms with Crippen LogP contribution < -0.4 is 5.32 Å². The molecule has 2 aromatic rings. The van der Waals surface area contributed by atoms with Gasteiger partial charge < -0.3 is 15.1 Å². The van der Waals surface area contributed by atoms with E-state index in [-0.39, 0.29) is 54.7 Å². The number of nitrogens with zero attached hydrogens (tertiary/aromatic N) is 4. The maximum atomic E-state index is 13.2. The first-order valence-electron chi connectivity index (χ1n) is 9.59. The minimum absolute atomic E-state index is 0.132. The van der Waals surface area contributed by atoms with E-state index in [1.165, 1.54) is 33.8 Å². The van der Waals surface area contributed by atoms with Gasteiger partial charge in [-0.05, 0) is 45.0 Å². The standard InChI is InChI=1S/C20H23ClFN5O3/c1-12(2)23-18(28)20(30)26-10-8-25(9-11-26)19(29)16-13(3)24-27(17(16)21)15-6-4-14(22)5-7-15/h4-7,12H,8-11H2,1-3H3,(H,23,28). The minimum Gasteiger partial charge on any atom is -0.346 e. The second-order valence-electron chi connectivity index (χ2n) is 7.35. The molecule has 0 aliphatic carbocycles. The summed E-state index contributed by atoms with van der Waals surface area (Å²) in [7, 11) is 0. The van der Waals surface area contributed by atoms with Gasteiger partial charge in [-0.3, -0.25) is 14.4 Å². The molecule has 1 aromatic carbocycles. The largest absolute Gasteiger partial charge is 0.346 e. The lowest BCUT2D eigenvalue weighted by molar-refractivity contribution is -0.147. The van der Waals surface area contributed by atoms with E-state index in [0.29, 0.717) is 11.4 Å². The molecule has 0 atom stereocenters. The zero-order valence-electron chi connectivity index (χ0n) is 17.0. The minimum atomic E-state index is -0.649. The Hall–Kier alpha value is -2.94. The lowest BCUT2D eigenvalue weighted by Gasteiger charge is -2.34. The van der Waals surface area contributed by atoms with E-state index >= 15 is 0 Å². The van der Waals surface area contributed by atoms with Crippen LogP contribution in [-0.2, 0) is 9.59 Å². The lowest BCUT2D eigenvalue weighted by atomic mass is 10.2. The molecule has 3 amide bonds. The summed E-state index contributed by atoms with van der Waals surface area (Å²) in [4.78, 5) is 40.2. The molecule has 8 nitrogen and oxygen atoms in total. The van der Waals surface area contributed by atoms with Crippen LogP contribution in [0.5, 0.6) is 0 Å². The van der Waals surface area contributed by atoms with Crippen LogP contribution >= 0.6 is 11.6 Å². The molecule has 1 aromatic heterocycles. The van der Waals surface area contributed by atoms with Gasteiger partial charge in [-0.15, -0.1) is 0 Å². The molecular weight excluding hydrogens is 413 g/mol. The maximum absolute atomic E-state index is 13.2. The van der Waals surface area contributed by atoms with Gasteiger partial charge in [-0.1, -0.05) is 11.6 Å². The highest BCUT2D eigenvalue weighted by Gasteiger charge is 2.31. The van der Waals surface area contributed by atoms with Crippen LogP contribution in [0.4, 0.5) is 4.39 Å². The summed E-state index contributed by atoms with van der Waals surface area (Å²) in [5, 5.41) is 7.03. The third-order valence-electron chi connectivity index (χ3n) is 4.76. The van der Waals surface area contributed by atoms with Crippen molar-refractivity contribution in [2.75, 3.05) is 26.2 Å². The number of hydrogen-bond acceptors (Lipinski definition) is 4. The fourth-order valence-corrected chi connectivity index (χ4v) is 3.59. The molecule has 0 saturated carbocycles. The average Bonchev–Trinajstić information content (AvgIpc) is 3.01. The molecule has 1 aliphatic rings. The van der Waals surface area contributed by atoms with Gasteiger partial charge in [-0.25, -0.2) is 9.07 Å². The van der Waals surface area contributed by atoms with Crippen molar-refractivity contribution in [3.05, 3.63) is 46.5 Å². The number of rotatable bonds is 3. The van der Waals surface area contributed by atoms with Crippen molar-refractivity contribution in [1.82, 2.24) is 24.9 Å². The van der Waals surface area contributed by atoms with Gasteiger partial charge in [0.1, 0.15) is 11.0 Å². The molecule has 30 heavy (non-hydrogen) atoms. The van der Waals surface area contributed by atoms with Crippen molar-refractivity contribution in [2.45, 2.75) is 26.8 Å². The van der Waals surface area contributed by atoms with Crippen LogP contribution in [0.15, 0.2) is 24.3 Å². The number of hydrogen-bond donors (Lipinski definition) is 1. The van der Waals surface area contributed by atoms with Crippen molar-refractivity contribution < 1.29 is 18.8 Å². The van der Waals surface area contributed by atoms with Crippen LogP contribution in [0.1, 0.15) is 29.9 Å². The molecular formula is C20H23ClFN5O3. The number of amides is 3. The molecule has 0 unspecified atom stereocenters. The Balaban J connectivity index is 1.70. The highest BCUT2D eigenvalue weighted by atomic mass is 35.5. The molecule has 1 saturated heterocycles. The highest BCUT2D eigenvalue weighted by molar-refractivity contribution is 6.35. The maximum Gasteiger partial charge on any atom is 0.312 e. The van der Waals surface area contributed by atoms with Gasteiger partial charge >= 0.3 is 11.8 Å². The van der Waals surface area contributed by atoms with Crippen LogP contribution in [0.3, 0.4) is 0 Å². The number of benzene rings is 1. The summed E-state index contributed by atoms with van der Waals surface area (Å²) in [5.41, 5.74) is 1.25. The van der Waals surface area contributed by atoms with E-state index in [0.717, 1.165) is 0 Å². The first-order valence-corrected chi connectivity index (χ1v) is 9.97. The van der Waals surface area contributed by atoms with Crippen molar-refractivity contribution >= 4 is 29.3 Å². The number of carbonyl (C=O) groups is 3. The Morgan fingerprint density at radius 1 is 1.07 bits per heavy atom. The fourth-order valence-electron chi connectivity index (χ4n) is 3.23. The molecule has 1 aliphatic heterocycles. The Morgan fingerprint density at radius 2 is 1.63 bits per heavy atom. The third-order valence-corrected chi connectivity index (χ3v) is 5.11. The first kappa shape index (κ1) is 21.8.